The van der Waals surface area contributed by atoms with Gasteiger partial charge in [0.1, 0.15) is 13.3 Å². The van der Waals surface area contributed by atoms with Gasteiger partial charge in [0.2, 0.25) is 0 Å². The number of ether oxygens (including phenoxy) is 1. The zero-order valence-corrected chi connectivity index (χ0v) is 16.5. The molecule has 2 unspecified atom stereocenters. The van der Waals surface area contributed by atoms with Gasteiger partial charge in [-0.3, -0.25) is 4.84 Å². The summed E-state index contributed by atoms with van der Waals surface area (Å²) in [5.41, 5.74) is 0.500. The molecule has 0 saturated heterocycles. The van der Waals surface area contributed by atoms with Crippen LogP contribution in [0.5, 0.6) is 0 Å². The van der Waals surface area contributed by atoms with E-state index in [2.05, 4.69) is 36.6 Å². The molecule has 150 valence electrons. The number of hydrogen-bond donors (Lipinski definition) is 2. The van der Waals surface area contributed by atoms with Crippen LogP contribution in [0.1, 0.15) is 60.3 Å². The van der Waals surface area contributed by atoms with Crippen LogP contribution < -0.4 is 10.6 Å². The van der Waals surface area contributed by atoms with Gasteiger partial charge in [0, 0.05) is 12.6 Å². The summed E-state index contributed by atoms with van der Waals surface area (Å²) in [6.45, 7) is 9.48. The molecule has 0 aliphatic heterocycles. The van der Waals surface area contributed by atoms with Crippen LogP contribution in [-0.2, 0) is 9.57 Å². The van der Waals surface area contributed by atoms with Crippen LogP contribution in [0.25, 0.3) is 0 Å². The molecule has 0 bridgehead atoms. The zero-order valence-electron chi connectivity index (χ0n) is 16.5. The summed E-state index contributed by atoms with van der Waals surface area (Å²) in [6, 6.07) is -0.0861. The predicted molar refractivity (Wildman–Crippen MR) is 97.9 cm³/mol. The Morgan fingerprint density at radius 3 is 2.54 bits per heavy atom. The Bertz CT molecular complexity index is 525. The second-order valence-corrected chi connectivity index (χ2v) is 8.14. The van der Waals surface area contributed by atoms with E-state index in [1.807, 2.05) is 6.92 Å². The van der Waals surface area contributed by atoms with Gasteiger partial charge in [-0.25, -0.2) is 14.0 Å². The molecule has 0 aromatic heterocycles. The maximum Gasteiger partial charge on any atom is 0.433 e. The Labute approximate surface area is 155 Å². The molecule has 0 spiro atoms. The van der Waals surface area contributed by atoms with Crippen molar-refractivity contribution in [3.05, 3.63) is 0 Å². The van der Waals surface area contributed by atoms with E-state index >= 15 is 0 Å². The van der Waals surface area contributed by atoms with Crippen molar-refractivity contribution in [2.75, 3.05) is 19.8 Å². The summed E-state index contributed by atoms with van der Waals surface area (Å²) in [6.07, 6.45) is 1.89. The van der Waals surface area contributed by atoms with Crippen LogP contribution in [-0.4, -0.2) is 43.8 Å². The molecule has 2 amide bonds. The average Bonchev–Trinajstić information content (AvgIpc) is 2.54. The average molecular weight is 373 g/mol. The molecular formula is C18H32FN3O4. The van der Waals surface area contributed by atoms with E-state index in [-0.39, 0.29) is 23.5 Å². The maximum atomic E-state index is 12.1. The van der Waals surface area contributed by atoms with Gasteiger partial charge in [0.25, 0.3) is 0 Å². The molecule has 1 fully saturated rings. The van der Waals surface area contributed by atoms with Crippen LogP contribution in [0.2, 0.25) is 0 Å². The van der Waals surface area contributed by atoms with Gasteiger partial charge in [-0.15, -0.1) is 0 Å². The topological polar surface area (TPSA) is 89.0 Å². The first-order valence-corrected chi connectivity index (χ1v) is 9.07. The van der Waals surface area contributed by atoms with Crippen molar-refractivity contribution in [2.24, 2.45) is 16.0 Å². The largest absolute Gasteiger partial charge is 0.447 e. The third kappa shape index (κ3) is 8.01. The third-order valence-electron chi connectivity index (χ3n) is 4.53. The smallest absolute Gasteiger partial charge is 0.433 e. The SMILES string of the molecule is CCC(C)=NOC(=O)NC1CC(C)(C)CC(C)(CNC(=O)OCCF)C1. The van der Waals surface area contributed by atoms with Crippen LogP contribution in [0, 0.1) is 10.8 Å². The van der Waals surface area contributed by atoms with E-state index in [0.717, 1.165) is 18.6 Å². The van der Waals surface area contributed by atoms with Crippen molar-refractivity contribution < 1.29 is 23.6 Å². The van der Waals surface area contributed by atoms with Crippen molar-refractivity contribution in [3.63, 3.8) is 0 Å². The number of nitrogens with one attached hydrogen (secondary N) is 2. The number of carbonyl (C=O) groups excluding carboxylic acids is 2. The summed E-state index contributed by atoms with van der Waals surface area (Å²) < 4.78 is 16.8. The van der Waals surface area contributed by atoms with Crippen molar-refractivity contribution in [3.8, 4) is 0 Å². The summed E-state index contributed by atoms with van der Waals surface area (Å²) >= 11 is 0. The molecule has 0 aromatic rings. The quantitative estimate of drug-likeness (QED) is 0.404. The van der Waals surface area contributed by atoms with Gasteiger partial charge in [0.05, 0.1) is 5.71 Å². The van der Waals surface area contributed by atoms with Crippen LogP contribution in [0.15, 0.2) is 5.16 Å². The molecule has 0 heterocycles. The molecule has 1 aliphatic rings. The van der Waals surface area contributed by atoms with E-state index < -0.39 is 18.9 Å². The third-order valence-corrected chi connectivity index (χ3v) is 4.53. The normalized spacial score (nSPS) is 25.3. The summed E-state index contributed by atoms with van der Waals surface area (Å²) in [5, 5.41) is 9.33. The fourth-order valence-electron chi connectivity index (χ4n) is 3.72. The standard InChI is InChI=1S/C18H32FN3O4/c1-6-13(2)22-26-16(24)21-14-9-17(3,4)11-18(5,10-14)12-20-15(23)25-8-7-19/h14H,6-12H2,1-5H3,(H,20,23)(H,21,24). The number of alkyl halides is 1. The summed E-state index contributed by atoms with van der Waals surface area (Å²) in [4.78, 5) is 28.4. The minimum absolute atomic E-state index is 0.0158. The van der Waals surface area contributed by atoms with Crippen molar-refractivity contribution in [2.45, 2.75) is 66.3 Å². The molecule has 0 aromatic carbocycles. The number of carbonyl (C=O) groups is 2. The molecule has 8 heteroatoms. The molecule has 2 atom stereocenters. The number of halogens is 1. The molecule has 0 radical (unpaired) electrons. The van der Waals surface area contributed by atoms with E-state index in [4.69, 9.17) is 9.57 Å². The van der Waals surface area contributed by atoms with Gasteiger partial charge in [-0.05, 0) is 43.4 Å². The van der Waals surface area contributed by atoms with Gasteiger partial charge in [-0.2, -0.15) is 0 Å². The van der Waals surface area contributed by atoms with Gasteiger partial charge >= 0.3 is 12.2 Å². The fourth-order valence-corrected chi connectivity index (χ4v) is 3.72. The highest BCUT2D eigenvalue weighted by atomic mass is 19.1. The van der Waals surface area contributed by atoms with Crippen LogP contribution in [0.4, 0.5) is 14.0 Å². The van der Waals surface area contributed by atoms with Crippen LogP contribution >= 0.6 is 0 Å². The molecule has 1 saturated carbocycles. The van der Waals surface area contributed by atoms with Gasteiger partial charge < -0.3 is 15.4 Å². The van der Waals surface area contributed by atoms with Gasteiger partial charge in [-0.1, -0.05) is 32.9 Å². The molecule has 2 N–H and O–H groups in total. The lowest BCUT2D eigenvalue weighted by Gasteiger charge is -2.46. The number of nitrogens with zero attached hydrogens (tertiary/aromatic N) is 1. The fraction of sp³-hybridized carbons (Fsp3) is 0.833. The summed E-state index contributed by atoms with van der Waals surface area (Å²) in [7, 11) is 0. The minimum atomic E-state index is -0.703. The molecular weight excluding hydrogens is 341 g/mol. The lowest BCUT2D eigenvalue weighted by Crippen LogP contribution is -2.50. The van der Waals surface area contributed by atoms with Crippen molar-refractivity contribution in [1.82, 2.24) is 10.6 Å². The van der Waals surface area contributed by atoms with Crippen molar-refractivity contribution >= 4 is 17.9 Å². The maximum absolute atomic E-state index is 12.1. The zero-order chi connectivity index (χ0) is 19.8. The second-order valence-electron chi connectivity index (χ2n) is 8.14. The van der Waals surface area contributed by atoms with Crippen molar-refractivity contribution in [1.29, 1.82) is 0 Å². The van der Waals surface area contributed by atoms with Gasteiger partial charge in [0.15, 0.2) is 0 Å². The molecule has 1 aliphatic carbocycles. The first kappa shape index (κ1) is 22.2. The van der Waals surface area contributed by atoms with E-state index in [1.165, 1.54) is 0 Å². The Morgan fingerprint density at radius 2 is 1.92 bits per heavy atom. The monoisotopic (exact) mass is 373 g/mol. The Kier molecular flexibility index (Phi) is 8.30. The number of alkyl carbamates (subject to hydrolysis) is 1. The predicted octanol–water partition coefficient (Wildman–Crippen LogP) is 3.78. The number of rotatable bonds is 7. The Morgan fingerprint density at radius 1 is 1.23 bits per heavy atom. The van der Waals surface area contributed by atoms with E-state index in [0.29, 0.717) is 19.4 Å². The minimum Gasteiger partial charge on any atom is -0.447 e. The summed E-state index contributed by atoms with van der Waals surface area (Å²) in [5.74, 6) is 0. The highest BCUT2D eigenvalue weighted by Gasteiger charge is 2.42. The van der Waals surface area contributed by atoms with Crippen LogP contribution in [0.3, 0.4) is 0 Å². The highest BCUT2D eigenvalue weighted by Crippen LogP contribution is 2.45. The first-order valence-electron chi connectivity index (χ1n) is 9.07. The lowest BCUT2D eigenvalue weighted by molar-refractivity contribution is 0.0623. The number of oxime groups is 1. The van der Waals surface area contributed by atoms with E-state index in [1.54, 1.807) is 6.92 Å². The second kappa shape index (κ2) is 9.73. The number of hydrogen-bond acceptors (Lipinski definition) is 5. The molecule has 7 nitrogen and oxygen atoms in total. The number of amides is 2. The molecule has 26 heavy (non-hydrogen) atoms. The highest BCUT2D eigenvalue weighted by molar-refractivity contribution is 5.81. The first-order chi connectivity index (χ1) is 12.1. The Balaban J connectivity index is 2.63. The lowest BCUT2D eigenvalue weighted by atomic mass is 9.62. The Hall–Kier alpha value is -1.86. The molecule has 1 rings (SSSR count). The van der Waals surface area contributed by atoms with E-state index in [9.17, 15) is 14.0 Å².